The minimum absolute atomic E-state index is 0.0522. The first kappa shape index (κ1) is 22.6. The molecule has 2 aromatic rings. The van der Waals surface area contributed by atoms with E-state index >= 15 is 0 Å². The van der Waals surface area contributed by atoms with Gasteiger partial charge in [0.2, 0.25) is 6.04 Å². The number of benzene rings is 2. The van der Waals surface area contributed by atoms with Gasteiger partial charge in [-0.15, -0.1) is 0 Å². The number of alkyl halides is 3. The second kappa shape index (κ2) is 8.76. The van der Waals surface area contributed by atoms with E-state index in [4.69, 9.17) is 4.74 Å². The van der Waals surface area contributed by atoms with E-state index in [2.05, 4.69) is 0 Å². The predicted molar refractivity (Wildman–Crippen MR) is 110 cm³/mol. The highest BCUT2D eigenvalue weighted by atomic mass is 19.4. The highest BCUT2D eigenvalue weighted by Crippen LogP contribution is 2.44. The number of amides is 2. The number of hydrogen-bond donors (Lipinski definition) is 2. The van der Waals surface area contributed by atoms with Crippen molar-refractivity contribution in [1.29, 1.82) is 0 Å². The van der Waals surface area contributed by atoms with Gasteiger partial charge in [-0.1, -0.05) is 48.5 Å². The Kier molecular flexibility index (Phi) is 6.01. The largest absolute Gasteiger partial charge is 0.480 e. The summed E-state index contributed by atoms with van der Waals surface area (Å²) in [5, 5.41) is 10.8. The third-order valence-corrected chi connectivity index (χ3v) is 6.00. The van der Waals surface area contributed by atoms with E-state index in [1.54, 1.807) is 5.32 Å². The molecule has 0 radical (unpaired) electrons. The molecule has 0 spiro atoms. The van der Waals surface area contributed by atoms with E-state index in [1.165, 1.54) is 0 Å². The number of fused-ring (bicyclic) bond motifs is 3. The van der Waals surface area contributed by atoms with Gasteiger partial charge in [0.05, 0.1) is 0 Å². The summed E-state index contributed by atoms with van der Waals surface area (Å²) in [5.74, 6) is -3.26. The second-order valence-electron chi connectivity index (χ2n) is 7.97. The molecule has 1 aliphatic carbocycles. The number of nitrogens with one attached hydrogen (secondary N) is 1. The highest BCUT2D eigenvalue weighted by Gasteiger charge is 2.50. The molecule has 1 aliphatic heterocycles. The molecule has 1 saturated heterocycles. The van der Waals surface area contributed by atoms with E-state index in [9.17, 15) is 32.7 Å². The summed E-state index contributed by atoms with van der Waals surface area (Å²) in [5.41, 5.74) is 3.69. The molecule has 1 fully saturated rings. The fraction of sp³-hybridized carbons (Fsp3) is 0.348. The van der Waals surface area contributed by atoms with Crippen LogP contribution in [0.4, 0.5) is 18.0 Å². The fourth-order valence-electron chi connectivity index (χ4n) is 4.49. The van der Waals surface area contributed by atoms with E-state index in [0.717, 1.165) is 22.3 Å². The maximum absolute atomic E-state index is 13.6. The number of carbonyl (C=O) groups excluding carboxylic acids is 2. The van der Waals surface area contributed by atoms with Crippen LogP contribution in [0.15, 0.2) is 48.5 Å². The monoisotopic (exact) mass is 462 g/mol. The van der Waals surface area contributed by atoms with Crippen LogP contribution in [0, 0.1) is 0 Å². The molecule has 10 heteroatoms. The van der Waals surface area contributed by atoms with Crippen molar-refractivity contribution >= 4 is 18.0 Å². The zero-order chi connectivity index (χ0) is 23.8. The van der Waals surface area contributed by atoms with Crippen LogP contribution in [0.1, 0.15) is 29.9 Å². The maximum atomic E-state index is 13.6. The van der Waals surface area contributed by atoms with Gasteiger partial charge in [-0.25, -0.2) is 9.59 Å². The molecular weight excluding hydrogens is 441 g/mol. The molecule has 2 amide bonds. The number of halogens is 3. The lowest BCUT2D eigenvalue weighted by Crippen LogP contribution is -2.57. The number of hydrogen-bond acceptors (Lipinski definition) is 4. The van der Waals surface area contributed by atoms with Crippen molar-refractivity contribution in [2.24, 2.45) is 0 Å². The summed E-state index contributed by atoms with van der Waals surface area (Å²) in [7, 11) is 0. The van der Waals surface area contributed by atoms with Crippen LogP contribution in [0.3, 0.4) is 0 Å². The normalized spacial score (nSPS) is 18.4. The van der Waals surface area contributed by atoms with Crippen molar-refractivity contribution in [3.8, 4) is 11.1 Å². The van der Waals surface area contributed by atoms with Crippen LogP contribution in [0.25, 0.3) is 11.1 Å². The van der Waals surface area contributed by atoms with Crippen LogP contribution in [-0.2, 0) is 14.3 Å². The first-order valence-corrected chi connectivity index (χ1v) is 10.4. The predicted octanol–water partition coefficient (Wildman–Crippen LogP) is 3.53. The zero-order valence-electron chi connectivity index (χ0n) is 17.3. The van der Waals surface area contributed by atoms with Gasteiger partial charge in [-0.3, -0.25) is 4.79 Å². The number of rotatable bonds is 5. The average Bonchev–Trinajstić information content (AvgIpc) is 3.38. The molecule has 7 nitrogen and oxygen atoms in total. The SMILES string of the molecule is O=C(NC(C(=O)N1CCCC1C(=O)O)C(F)(F)F)OCC1c2ccccc2-c2ccccc21. The standard InChI is InChI=1S/C23H21F3N2O5/c24-23(25,26)19(20(29)28-11-5-10-18(28)21(30)31)27-22(32)33-12-17-15-8-3-1-6-13(15)14-7-2-4-9-16(14)17/h1-4,6-9,17-19H,5,10-12H2,(H,27,32)(H,30,31). The molecule has 0 saturated carbocycles. The molecule has 2 aliphatic rings. The number of carboxylic acid groups (broad SMARTS) is 1. The molecule has 2 aromatic carbocycles. The Bertz CT molecular complexity index is 1040. The van der Waals surface area contributed by atoms with Gasteiger partial charge >= 0.3 is 18.2 Å². The van der Waals surface area contributed by atoms with Gasteiger partial charge in [-0.2, -0.15) is 13.2 Å². The molecule has 0 aromatic heterocycles. The molecule has 2 unspecified atom stereocenters. The molecule has 1 heterocycles. The highest BCUT2D eigenvalue weighted by molar-refractivity contribution is 5.90. The van der Waals surface area contributed by atoms with Gasteiger partial charge in [0.1, 0.15) is 12.6 Å². The molecule has 33 heavy (non-hydrogen) atoms. The Labute approximate surface area is 187 Å². The number of carbonyl (C=O) groups is 3. The summed E-state index contributed by atoms with van der Waals surface area (Å²) in [4.78, 5) is 36.7. The molecule has 174 valence electrons. The van der Waals surface area contributed by atoms with Crippen molar-refractivity contribution in [3.05, 3.63) is 59.7 Å². The van der Waals surface area contributed by atoms with Crippen molar-refractivity contribution in [2.75, 3.05) is 13.2 Å². The van der Waals surface area contributed by atoms with Crippen LogP contribution < -0.4 is 5.32 Å². The first-order valence-electron chi connectivity index (χ1n) is 10.4. The van der Waals surface area contributed by atoms with E-state index in [-0.39, 0.29) is 31.9 Å². The minimum atomic E-state index is -5.12. The summed E-state index contributed by atoms with van der Waals surface area (Å²) >= 11 is 0. The molecule has 4 rings (SSSR count). The quantitative estimate of drug-likeness (QED) is 0.709. The van der Waals surface area contributed by atoms with E-state index in [1.807, 2.05) is 48.5 Å². The Balaban J connectivity index is 1.47. The third kappa shape index (κ3) is 4.37. The average molecular weight is 462 g/mol. The van der Waals surface area contributed by atoms with Crippen LogP contribution in [0.5, 0.6) is 0 Å². The smallest absolute Gasteiger partial charge is 0.417 e. The molecule has 2 N–H and O–H groups in total. The lowest BCUT2D eigenvalue weighted by Gasteiger charge is -2.28. The van der Waals surface area contributed by atoms with Gasteiger partial charge in [0, 0.05) is 12.5 Å². The summed E-state index contributed by atoms with van der Waals surface area (Å²) in [6.45, 7) is -0.352. The zero-order valence-corrected chi connectivity index (χ0v) is 17.3. The Morgan fingerprint density at radius 2 is 1.64 bits per heavy atom. The van der Waals surface area contributed by atoms with Gasteiger partial charge in [0.25, 0.3) is 5.91 Å². The van der Waals surface area contributed by atoms with Crippen molar-refractivity contribution in [1.82, 2.24) is 10.2 Å². The van der Waals surface area contributed by atoms with Crippen molar-refractivity contribution < 1.29 is 37.4 Å². The van der Waals surface area contributed by atoms with Gasteiger partial charge < -0.3 is 20.1 Å². The first-order chi connectivity index (χ1) is 15.7. The van der Waals surface area contributed by atoms with Crippen molar-refractivity contribution in [2.45, 2.75) is 37.0 Å². The van der Waals surface area contributed by atoms with Gasteiger partial charge in [-0.05, 0) is 35.1 Å². The number of likely N-dealkylation sites (tertiary alicyclic amines) is 1. The number of carboxylic acids is 1. The van der Waals surface area contributed by atoms with Crippen molar-refractivity contribution in [3.63, 3.8) is 0 Å². The molecule has 0 bridgehead atoms. The summed E-state index contributed by atoms with van der Waals surface area (Å²) in [6, 6.07) is 10.7. The number of ether oxygens (including phenoxy) is 1. The molecule has 2 atom stereocenters. The van der Waals surface area contributed by atoms with Crippen LogP contribution >= 0.6 is 0 Å². The Morgan fingerprint density at radius 3 is 2.18 bits per heavy atom. The Morgan fingerprint density at radius 1 is 1.06 bits per heavy atom. The topological polar surface area (TPSA) is 95.9 Å². The van der Waals surface area contributed by atoms with Crippen LogP contribution in [-0.4, -0.2) is 59.4 Å². The number of alkyl carbamates (subject to hydrolysis) is 1. The summed E-state index contributed by atoms with van der Waals surface area (Å²) < 4.78 is 45.9. The third-order valence-electron chi connectivity index (χ3n) is 6.00. The summed E-state index contributed by atoms with van der Waals surface area (Å²) in [6.07, 6.45) is -6.21. The fourth-order valence-corrected chi connectivity index (χ4v) is 4.49. The van der Waals surface area contributed by atoms with Gasteiger partial charge in [0.15, 0.2) is 0 Å². The second-order valence-corrected chi connectivity index (χ2v) is 7.97. The number of aliphatic carboxylic acids is 1. The minimum Gasteiger partial charge on any atom is -0.480 e. The van der Waals surface area contributed by atoms with Crippen LogP contribution in [0.2, 0.25) is 0 Å². The Hall–Kier alpha value is -3.56. The lowest BCUT2D eigenvalue weighted by molar-refractivity contribution is -0.177. The molecular formula is C23H21F3N2O5. The number of nitrogens with zero attached hydrogens (tertiary/aromatic N) is 1. The van der Waals surface area contributed by atoms with E-state index < -0.39 is 36.2 Å². The maximum Gasteiger partial charge on any atom is 0.417 e. The van der Waals surface area contributed by atoms with E-state index in [0.29, 0.717) is 4.90 Å². The lowest BCUT2D eigenvalue weighted by atomic mass is 9.98.